The highest BCUT2D eigenvalue weighted by Gasteiger charge is 2.21. The third-order valence-corrected chi connectivity index (χ3v) is 1.84. The minimum atomic E-state index is -0.611. The van der Waals surface area contributed by atoms with Crippen molar-refractivity contribution in [3.05, 3.63) is 0 Å². The zero-order chi connectivity index (χ0) is 13.5. The van der Waals surface area contributed by atoms with E-state index in [0.717, 1.165) is 0 Å². The van der Waals surface area contributed by atoms with Crippen LogP contribution in [0.1, 0.15) is 33.6 Å². The Balaban J connectivity index is 4.24. The summed E-state index contributed by atoms with van der Waals surface area (Å²) in [5, 5.41) is 11.3. The Bertz CT molecular complexity index is 259. The molecule has 0 heterocycles. The van der Waals surface area contributed by atoms with Crippen LogP contribution < -0.4 is 5.32 Å². The van der Waals surface area contributed by atoms with Gasteiger partial charge >= 0.3 is 12.1 Å². The second-order valence-electron chi connectivity index (χ2n) is 4.64. The number of alkyl carbamates (subject to hydrolysis) is 1. The van der Waals surface area contributed by atoms with Crippen LogP contribution in [-0.4, -0.2) is 42.5 Å². The summed E-state index contributed by atoms with van der Waals surface area (Å²) in [6, 6.07) is -0.484. The normalized spacial score (nSPS) is 12.8. The van der Waals surface area contributed by atoms with Gasteiger partial charge in [0.05, 0.1) is 13.5 Å². The molecule has 0 aliphatic heterocycles. The maximum absolute atomic E-state index is 11.4. The zero-order valence-electron chi connectivity index (χ0n) is 10.8. The molecule has 0 spiro atoms. The lowest BCUT2D eigenvalue weighted by atomic mass is 10.1. The first-order chi connectivity index (χ1) is 7.78. The number of carbonyl (C=O) groups is 2. The van der Waals surface area contributed by atoms with Crippen molar-refractivity contribution in [1.82, 2.24) is 5.32 Å². The van der Waals surface area contributed by atoms with Crippen molar-refractivity contribution in [2.24, 2.45) is 0 Å². The Morgan fingerprint density at radius 1 is 1.35 bits per heavy atom. The zero-order valence-corrected chi connectivity index (χ0v) is 10.8. The van der Waals surface area contributed by atoms with Crippen LogP contribution in [0.4, 0.5) is 4.79 Å². The predicted molar refractivity (Wildman–Crippen MR) is 61.5 cm³/mol. The van der Waals surface area contributed by atoms with E-state index in [1.165, 1.54) is 7.11 Å². The molecule has 0 rings (SSSR count). The third kappa shape index (κ3) is 8.50. The van der Waals surface area contributed by atoms with Crippen molar-refractivity contribution < 1.29 is 24.2 Å². The highest BCUT2D eigenvalue weighted by Crippen LogP contribution is 2.08. The van der Waals surface area contributed by atoms with E-state index in [9.17, 15) is 9.59 Å². The van der Waals surface area contributed by atoms with E-state index in [2.05, 4.69) is 10.1 Å². The molecule has 0 aliphatic rings. The second kappa shape index (κ2) is 7.11. The van der Waals surface area contributed by atoms with Crippen molar-refractivity contribution >= 4 is 12.1 Å². The van der Waals surface area contributed by atoms with Gasteiger partial charge in [-0.2, -0.15) is 0 Å². The van der Waals surface area contributed by atoms with Gasteiger partial charge in [-0.15, -0.1) is 0 Å². The first kappa shape index (κ1) is 15.7. The molecule has 0 fully saturated rings. The van der Waals surface area contributed by atoms with E-state index in [4.69, 9.17) is 9.84 Å². The molecule has 0 bridgehead atoms. The van der Waals surface area contributed by atoms with E-state index in [-0.39, 0.29) is 19.4 Å². The summed E-state index contributed by atoms with van der Waals surface area (Å²) in [5.41, 5.74) is -0.598. The molecule has 0 saturated carbocycles. The highest BCUT2D eigenvalue weighted by molar-refractivity contribution is 5.72. The van der Waals surface area contributed by atoms with E-state index in [1.807, 2.05) is 0 Å². The summed E-state index contributed by atoms with van der Waals surface area (Å²) in [4.78, 5) is 22.5. The Kier molecular flexibility index (Phi) is 6.57. The third-order valence-electron chi connectivity index (χ3n) is 1.84. The topological polar surface area (TPSA) is 84.9 Å². The fourth-order valence-corrected chi connectivity index (χ4v) is 1.14. The Morgan fingerprint density at radius 2 is 1.94 bits per heavy atom. The summed E-state index contributed by atoms with van der Waals surface area (Å²) in [6.07, 6.45) is -0.329. The van der Waals surface area contributed by atoms with Gasteiger partial charge in [-0.1, -0.05) is 0 Å². The van der Waals surface area contributed by atoms with E-state index >= 15 is 0 Å². The Hall–Kier alpha value is -1.30. The molecule has 100 valence electrons. The number of aliphatic hydroxyl groups excluding tert-OH is 1. The molecule has 0 aromatic carbocycles. The van der Waals surface area contributed by atoms with Gasteiger partial charge in [0, 0.05) is 12.6 Å². The molecule has 0 aliphatic carbocycles. The minimum Gasteiger partial charge on any atom is -0.469 e. The maximum Gasteiger partial charge on any atom is 0.407 e. The monoisotopic (exact) mass is 247 g/mol. The SMILES string of the molecule is COC(=O)CC(CCO)NC(=O)OC(C)(C)C. The quantitative estimate of drug-likeness (QED) is 0.703. The Morgan fingerprint density at radius 3 is 2.35 bits per heavy atom. The molecule has 6 heteroatoms. The molecule has 0 aromatic heterocycles. The molecule has 0 aromatic rings. The molecular formula is C11H21NO5. The number of carbonyl (C=O) groups excluding carboxylic acids is 2. The van der Waals surface area contributed by atoms with Crippen molar-refractivity contribution in [2.75, 3.05) is 13.7 Å². The molecule has 2 N–H and O–H groups in total. The number of esters is 1. The van der Waals surface area contributed by atoms with Gasteiger partial charge in [0.15, 0.2) is 0 Å². The highest BCUT2D eigenvalue weighted by atomic mass is 16.6. The van der Waals surface area contributed by atoms with Crippen LogP contribution in [0.5, 0.6) is 0 Å². The number of rotatable bonds is 5. The largest absolute Gasteiger partial charge is 0.469 e. The predicted octanol–water partition coefficient (Wildman–Crippen LogP) is 0.825. The smallest absolute Gasteiger partial charge is 0.407 e. The van der Waals surface area contributed by atoms with Crippen LogP contribution in [0.2, 0.25) is 0 Å². The lowest BCUT2D eigenvalue weighted by Crippen LogP contribution is -2.40. The van der Waals surface area contributed by atoms with Crippen molar-refractivity contribution in [3.8, 4) is 0 Å². The summed E-state index contributed by atoms with van der Waals surface area (Å²) in [5.74, 6) is -0.445. The molecule has 6 nitrogen and oxygen atoms in total. The molecular weight excluding hydrogens is 226 g/mol. The number of ether oxygens (including phenoxy) is 2. The van der Waals surface area contributed by atoms with Crippen LogP contribution in [-0.2, 0) is 14.3 Å². The fraction of sp³-hybridized carbons (Fsp3) is 0.818. The standard InChI is InChI=1S/C11H21NO5/c1-11(2,3)17-10(15)12-8(5-6-13)7-9(14)16-4/h8,13H,5-7H2,1-4H3,(H,12,15). The van der Waals surface area contributed by atoms with Crippen LogP contribution in [0.25, 0.3) is 0 Å². The number of hydrogen-bond donors (Lipinski definition) is 2. The molecule has 1 unspecified atom stereocenters. The Labute approximate surface area is 101 Å². The number of amides is 1. The average molecular weight is 247 g/mol. The first-order valence-corrected chi connectivity index (χ1v) is 5.45. The number of aliphatic hydroxyl groups is 1. The number of methoxy groups -OCH3 is 1. The van der Waals surface area contributed by atoms with Gasteiger partial charge in [-0.05, 0) is 27.2 Å². The van der Waals surface area contributed by atoms with Gasteiger partial charge in [0.25, 0.3) is 0 Å². The summed E-state index contributed by atoms with van der Waals surface area (Å²) < 4.78 is 9.54. The van der Waals surface area contributed by atoms with Crippen molar-refractivity contribution in [2.45, 2.75) is 45.3 Å². The average Bonchev–Trinajstić information content (AvgIpc) is 2.14. The minimum absolute atomic E-state index is 0.0102. The van der Waals surface area contributed by atoms with Gasteiger partial charge in [0.2, 0.25) is 0 Å². The lowest BCUT2D eigenvalue weighted by Gasteiger charge is -2.22. The maximum atomic E-state index is 11.4. The van der Waals surface area contributed by atoms with Crippen LogP contribution in [0.3, 0.4) is 0 Å². The van der Waals surface area contributed by atoms with Gasteiger partial charge in [-0.25, -0.2) is 4.79 Å². The summed E-state index contributed by atoms with van der Waals surface area (Å²) in [6.45, 7) is 5.10. The van der Waals surface area contributed by atoms with E-state index in [0.29, 0.717) is 0 Å². The first-order valence-electron chi connectivity index (χ1n) is 5.45. The van der Waals surface area contributed by atoms with Gasteiger partial charge < -0.3 is 19.9 Å². The van der Waals surface area contributed by atoms with Gasteiger partial charge in [0.1, 0.15) is 5.60 Å². The number of nitrogens with one attached hydrogen (secondary N) is 1. The van der Waals surface area contributed by atoms with Crippen molar-refractivity contribution in [1.29, 1.82) is 0 Å². The second-order valence-corrected chi connectivity index (χ2v) is 4.64. The number of hydrogen-bond acceptors (Lipinski definition) is 5. The van der Waals surface area contributed by atoms with Crippen molar-refractivity contribution in [3.63, 3.8) is 0 Å². The van der Waals surface area contributed by atoms with E-state index < -0.39 is 23.7 Å². The molecule has 0 saturated heterocycles. The lowest BCUT2D eigenvalue weighted by molar-refractivity contribution is -0.141. The molecule has 0 radical (unpaired) electrons. The van der Waals surface area contributed by atoms with Crippen LogP contribution in [0.15, 0.2) is 0 Å². The van der Waals surface area contributed by atoms with Gasteiger partial charge in [-0.3, -0.25) is 4.79 Å². The fourth-order valence-electron chi connectivity index (χ4n) is 1.14. The van der Waals surface area contributed by atoms with Crippen LogP contribution in [0, 0.1) is 0 Å². The van der Waals surface area contributed by atoms with Crippen LogP contribution >= 0.6 is 0 Å². The molecule has 1 atom stereocenters. The molecule has 1 amide bonds. The summed E-state index contributed by atoms with van der Waals surface area (Å²) in [7, 11) is 1.27. The van der Waals surface area contributed by atoms with E-state index in [1.54, 1.807) is 20.8 Å². The summed E-state index contributed by atoms with van der Waals surface area (Å²) >= 11 is 0. The molecule has 17 heavy (non-hydrogen) atoms.